The predicted octanol–water partition coefficient (Wildman–Crippen LogP) is 3.59. The number of fused-ring (bicyclic) bond motifs is 1. The lowest BCUT2D eigenvalue weighted by Gasteiger charge is -2.26. The van der Waals surface area contributed by atoms with Gasteiger partial charge in [-0.2, -0.15) is 0 Å². The highest BCUT2D eigenvalue weighted by Gasteiger charge is 2.25. The second-order valence-corrected chi connectivity index (χ2v) is 7.72. The summed E-state index contributed by atoms with van der Waals surface area (Å²) in [6, 6.07) is 9.10. The lowest BCUT2D eigenvalue weighted by molar-refractivity contribution is 0.101. The highest BCUT2D eigenvalue weighted by Crippen LogP contribution is 2.29. The van der Waals surface area contributed by atoms with E-state index in [9.17, 15) is 9.59 Å². The molecule has 3 aromatic rings. The Balaban J connectivity index is 1.40. The normalized spacial score (nSPS) is 13.1. The zero-order valence-electron chi connectivity index (χ0n) is 15.5. The standard InChI is InChI=1S/C19H19N5O3S/c1-11-3-5-13(6-4-11)20-19(26)24-8-7-14-16(10-24)28-18(21-14)22-17(25)15-9-12(2)27-23-15/h3-6,9H,7-8,10H2,1-2H3,(H,20,26)(H,21,22,25). The summed E-state index contributed by atoms with van der Waals surface area (Å²) in [6.45, 7) is 4.76. The number of urea groups is 1. The van der Waals surface area contributed by atoms with Crippen LogP contribution in [0.3, 0.4) is 0 Å². The molecule has 3 amide bonds. The van der Waals surface area contributed by atoms with Crippen LogP contribution < -0.4 is 10.6 Å². The molecule has 2 N–H and O–H groups in total. The van der Waals surface area contributed by atoms with Crippen molar-refractivity contribution in [3.05, 3.63) is 57.9 Å². The molecule has 0 unspecified atom stereocenters. The van der Waals surface area contributed by atoms with Crippen molar-refractivity contribution >= 4 is 34.1 Å². The van der Waals surface area contributed by atoms with E-state index in [0.29, 0.717) is 30.4 Å². The highest BCUT2D eigenvalue weighted by atomic mass is 32.1. The zero-order chi connectivity index (χ0) is 19.7. The minimum atomic E-state index is -0.364. The summed E-state index contributed by atoms with van der Waals surface area (Å²) < 4.78 is 4.92. The van der Waals surface area contributed by atoms with E-state index in [1.165, 1.54) is 11.3 Å². The maximum absolute atomic E-state index is 12.5. The summed E-state index contributed by atoms with van der Waals surface area (Å²) in [4.78, 5) is 31.9. The summed E-state index contributed by atoms with van der Waals surface area (Å²) in [5, 5.41) is 9.86. The molecule has 0 aliphatic carbocycles. The van der Waals surface area contributed by atoms with Crippen LogP contribution in [0.25, 0.3) is 0 Å². The van der Waals surface area contributed by atoms with E-state index in [-0.39, 0.29) is 17.6 Å². The average Bonchev–Trinajstić information content (AvgIpc) is 3.28. The third kappa shape index (κ3) is 3.89. The van der Waals surface area contributed by atoms with Crippen LogP contribution in [0.1, 0.15) is 32.4 Å². The van der Waals surface area contributed by atoms with Crippen molar-refractivity contribution in [2.75, 3.05) is 17.2 Å². The first-order valence-corrected chi connectivity index (χ1v) is 9.65. The largest absolute Gasteiger partial charge is 0.361 e. The van der Waals surface area contributed by atoms with Crippen LogP contribution in [0, 0.1) is 13.8 Å². The van der Waals surface area contributed by atoms with Gasteiger partial charge in [0.2, 0.25) is 0 Å². The molecule has 8 nitrogen and oxygen atoms in total. The quantitative estimate of drug-likeness (QED) is 0.703. The average molecular weight is 397 g/mol. The molecule has 9 heteroatoms. The van der Waals surface area contributed by atoms with Gasteiger partial charge in [0.05, 0.1) is 12.2 Å². The summed E-state index contributed by atoms with van der Waals surface area (Å²) >= 11 is 1.37. The number of rotatable bonds is 3. The lowest BCUT2D eigenvalue weighted by atomic mass is 10.2. The number of amides is 3. The van der Waals surface area contributed by atoms with Crippen molar-refractivity contribution in [2.45, 2.75) is 26.8 Å². The number of thiazole rings is 1. The van der Waals surface area contributed by atoms with E-state index < -0.39 is 0 Å². The van der Waals surface area contributed by atoms with Crippen LogP contribution in [0.15, 0.2) is 34.9 Å². The Bertz CT molecular complexity index is 1020. The summed E-state index contributed by atoms with van der Waals surface area (Å²) in [7, 11) is 0. The molecule has 0 bridgehead atoms. The lowest BCUT2D eigenvalue weighted by Crippen LogP contribution is -2.38. The van der Waals surface area contributed by atoms with E-state index >= 15 is 0 Å². The molecule has 0 fully saturated rings. The van der Waals surface area contributed by atoms with E-state index in [1.54, 1.807) is 17.9 Å². The van der Waals surface area contributed by atoms with E-state index in [1.807, 2.05) is 31.2 Å². The van der Waals surface area contributed by atoms with E-state index in [2.05, 4.69) is 20.8 Å². The number of anilines is 2. The SMILES string of the molecule is Cc1ccc(NC(=O)N2CCc3nc(NC(=O)c4cc(C)on4)sc3C2)cc1. The molecular formula is C19H19N5O3S. The summed E-state index contributed by atoms with van der Waals surface area (Å²) in [6.07, 6.45) is 0.645. The topological polar surface area (TPSA) is 100 Å². The van der Waals surface area contributed by atoms with Gasteiger partial charge in [0, 0.05) is 29.6 Å². The van der Waals surface area contributed by atoms with Gasteiger partial charge in [0.15, 0.2) is 10.8 Å². The number of hydrogen-bond donors (Lipinski definition) is 2. The second-order valence-electron chi connectivity index (χ2n) is 6.63. The molecular weight excluding hydrogens is 378 g/mol. The Hall–Kier alpha value is -3.20. The van der Waals surface area contributed by atoms with Crippen molar-refractivity contribution in [1.82, 2.24) is 15.0 Å². The molecule has 0 radical (unpaired) electrons. The molecule has 0 spiro atoms. The molecule has 28 heavy (non-hydrogen) atoms. The van der Waals surface area contributed by atoms with Crippen LogP contribution in [0.4, 0.5) is 15.6 Å². The minimum absolute atomic E-state index is 0.147. The van der Waals surface area contributed by atoms with Crippen LogP contribution in [-0.4, -0.2) is 33.5 Å². The Morgan fingerprint density at radius 1 is 1.18 bits per heavy atom. The Morgan fingerprint density at radius 2 is 1.96 bits per heavy atom. The number of aromatic nitrogens is 2. The second kappa shape index (κ2) is 7.43. The number of aryl methyl sites for hydroxylation is 2. The third-order valence-electron chi connectivity index (χ3n) is 4.40. The van der Waals surface area contributed by atoms with Gasteiger partial charge >= 0.3 is 6.03 Å². The molecule has 0 saturated carbocycles. The van der Waals surface area contributed by atoms with Crippen molar-refractivity contribution in [1.29, 1.82) is 0 Å². The molecule has 1 aliphatic heterocycles. The van der Waals surface area contributed by atoms with Gasteiger partial charge < -0.3 is 14.7 Å². The molecule has 1 aromatic carbocycles. The molecule has 0 saturated heterocycles. The van der Waals surface area contributed by atoms with Gasteiger partial charge in [-0.15, -0.1) is 0 Å². The number of carbonyl (C=O) groups excluding carboxylic acids is 2. The molecule has 3 heterocycles. The predicted molar refractivity (Wildman–Crippen MR) is 106 cm³/mol. The van der Waals surface area contributed by atoms with E-state index in [0.717, 1.165) is 21.8 Å². The summed E-state index contributed by atoms with van der Waals surface area (Å²) in [5.74, 6) is 0.204. The van der Waals surface area contributed by atoms with Crippen molar-refractivity contribution in [2.24, 2.45) is 0 Å². The third-order valence-corrected chi connectivity index (χ3v) is 5.40. The fraction of sp³-hybridized carbons (Fsp3) is 0.263. The summed E-state index contributed by atoms with van der Waals surface area (Å²) in [5.41, 5.74) is 3.03. The van der Waals surface area contributed by atoms with Crippen LogP contribution >= 0.6 is 11.3 Å². The highest BCUT2D eigenvalue weighted by molar-refractivity contribution is 7.15. The monoisotopic (exact) mass is 397 g/mol. The van der Waals surface area contributed by atoms with Crippen molar-refractivity contribution < 1.29 is 14.1 Å². The van der Waals surface area contributed by atoms with Gasteiger partial charge in [-0.3, -0.25) is 10.1 Å². The maximum atomic E-state index is 12.5. The Kier molecular flexibility index (Phi) is 4.82. The zero-order valence-corrected chi connectivity index (χ0v) is 16.3. The fourth-order valence-corrected chi connectivity index (χ4v) is 3.92. The van der Waals surface area contributed by atoms with Crippen LogP contribution in [-0.2, 0) is 13.0 Å². The Labute approximate surface area is 165 Å². The number of benzene rings is 1. The molecule has 1 aliphatic rings. The van der Waals surface area contributed by atoms with Crippen molar-refractivity contribution in [3.8, 4) is 0 Å². The van der Waals surface area contributed by atoms with E-state index in [4.69, 9.17) is 4.52 Å². The number of nitrogens with one attached hydrogen (secondary N) is 2. The molecule has 144 valence electrons. The van der Waals surface area contributed by atoms with Crippen LogP contribution in [0.2, 0.25) is 0 Å². The van der Waals surface area contributed by atoms with Crippen LogP contribution in [0.5, 0.6) is 0 Å². The van der Waals surface area contributed by atoms with Gasteiger partial charge in [-0.25, -0.2) is 9.78 Å². The van der Waals surface area contributed by atoms with Gasteiger partial charge in [-0.05, 0) is 26.0 Å². The van der Waals surface area contributed by atoms with Gasteiger partial charge in [-0.1, -0.05) is 34.2 Å². The number of hydrogen-bond acceptors (Lipinski definition) is 6. The first kappa shape index (κ1) is 18.2. The fourth-order valence-electron chi connectivity index (χ4n) is 2.90. The minimum Gasteiger partial charge on any atom is -0.361 e. The number of carbonyl (C=O) groups is 2. The molecule has 2 aromatic heterocycles. The van der Waals surface area contributed by atoms with Gasteiger partial charge in [0.25, 0.3) is 5.91 Å². The van der Waals surface area contributed by atoms with Crippen molar-refractivity contribution in [3.63, 3.8) is 0 Å². The smallest absolute Gasteiger partial charge is 0.322 e. The first-order valence-electron chi connectivity index (χ1n) is 8.84. The number of nitrogens with zero attached hydrogens (tertiary/aromatic N) is 3. The first-order chi connectivity index (χ1) is 13.5. The van der Waals surface area contributed by atoms with Gasteiger partial charge in [0.1, 0.15) is 5.76 Å². The molecule has 0 atom stereocenters. The maximum Gasteiger partial charge on any atom is 0.322 e. The Morgan fingerprint density at radius 3 is 2.68 bits per heavy atom. The molecule has 4 rings (SSSR count).